The lowest BCUT2D eigenvalue weighted by Crippen LogP contribution is -2.15. The smallest absolute Gasteiger partial charge is 0.194 e. The molecule has 0 spiro atoms. The van der Waals surface area contributed by atoms with E-state index in [9.17, 15) is 13.2 Å². The number of hydrogen-bond donors (Lipinski definition) is 1. The van der Waals surface area contributed by atoms with Crippen molar-refractivity contribution >= 4 is 11.3 Å². The van der Waals surface area contributed by atoms with Gasteiger partial charge < -0.3 is 5.32 Å². The molecule has 0 aliphatic heterocycles. The maximum absolute atomic E-state index is 13.3. The van der Waals surface area contributed by atoms with Crippen molar-refractivity contribution in [3.63, 3.8) is 0 Å². The summed E-state index contributed by atoms with van der Waals surface area (Å²) < 4.78 is 39.7. The molecule has 112 valence electrons. The van der Waals surface area contributed by atoms with Crippen molar-refractivity contribution in [1.29, 1.82) is 0 Å². The third-order valence-corrected chi connectivity index (χ3v) is 4.62. The van der Waals surface area contributed by atoms with Gasteiger partial charge in [-0.05, 0) is 31.4 Å². The molecule has 1 fully saturated rings. The van der Waals surface area contributed by atoms with Crippen molar-refractivity contribution in [2.75, 3.05) is 0 Å². The molecule has 1 aliphatic rings. The van der Waals surface area contributed by atoms with Gasteiger partial charge in [0.15, 0.2) is 17.5 Å². The second kappa shape index (κ2) is 5.77. The number of thiazole rings is 1. The van der Waals surface area contributed by atoms with Crippen LogP contribution < -0.4 is 5.32 Å². The molecule has 1 saturated carbocycles. The van der Waals surface area contributed by atoms with Gasteiger partial charge in [0, 0.05) is 23.0 Å². The molecule has 21 heavy (non-hydrogen) atoms. The summed E-state index contributed by atoms with van der Waals surface area (Å²) in [6, 6.07) is 2.57. The summed E-state index contributed by atoms with van der Waals surface area (Å²) in [6.07, 6.45) is 3.15. The van der Waals surface area contributed by atoms with Crippen LogP contribution in [0.5, 0.6) is 0 Å². The van der Waals surface area contributed by atoms with Crippen LogP contribution in [0.3, 0.4) is 0 Å². The molecule has 1 aromatic carbocycles. The first kappa shape index (κ1) is 14.5. The molecule has 0 saturated heterocycles. The molecule has 0 bridgehead atoms. The summed E-state index contributed by atoms with van der Waals surface area (Å²) in [4.78, 5) is 5.51. The van der Waals surface area contributed by atoms with Crippen LogP contribution in [-0.2, 0) is 13.0 Å². The monoisotopic (exact) mass is 312 g/mol. The zero-order valence-electron chi connectivity index (χ0n) is 11.5. The highest BCUT2D eigenvalue weighted by molar-refractivity contribution is 7.15. The minimum absolute atomic E-state index is 0.281. The summed E-state index contributed by atoms with van der Waals surface area (Å²) >= 11 is 1.40. The van der Waals surface area contributed by atoms with Crippen LogP contribution in [0.2, 0.25) is 0 Å². The van der Waals surface area contributed by atoms with E-state index in [4.69, 9.17) is 0 Å². The Labute approximate surface area is 125 Å². The number of nitrogens with zero attached hydrogens (tertiary/aromatic N) is 1. The quantitative estimate of drug-likeness (QED) is 0.843. The van der Waals surface area contributed by atoms with Crippen LogP contribution >= 0.6 is 11.3 Å². The Balaban J connectivity index is 1.90. The summed E-state index contributed by atoms with van der Waals surface area (Å²) in [5.74, 6) is -3.81. The van der Waals surface area contributed by atoms with E-state index in [0.717, 1.165) is 35.7 Å². The van der Waals surface area contributed by atoms with E-state index in [0.29, 0.717) is 11.0 Å². The lowest BCUT2D eigenvalue weighted by atomic mass is 10.2. The Morgan fingerprint density at radius 1 is 1.24 bits per heavy atom. The van der Waals surface area contributed by atoms with Crippen molar-refractivity contribution < 1.29 is 13.2 Å². The van der Waals surface area contributed by atoms with E-state index >= 15 is 0 Å². The van der Waals surface area contributed by atoms with Crippen LogP contribution in [0.1, 0.15) is 30.3 Å². The molecule has 6 heteroatoms. The number of halogens is 3. The molecule has 1 heterocycles. The molecule has 2 aromatic rings. The Kier molecular flexibility index (Phi) is 3.99. The fraction of sp³-hybridized carbons (Fsp3) is 0.400. The van der Waals surface area contributed by atoms with Crippen LogP contribution in [0, 0.1) is 17.5 Å². The highest BCUT2D eigenvalue weighted by Crippen LogP contribution is 2.31. The van der Waals surface area contributed by atoms with Crippen molar-refractivity contribution in [1.82, 2.24) is 10.3 Å². The molecule has 1 N–H and O–H groups in total. The fourth-order valence-electron chi connectivity index (χ4n) is 2.12. The summed E-state index contributed by atoms with van der Waals surface area (Å²) in [7, 11) is 0. The standard InChI is InChI=1S/C15H15F3N2S/c1-2-12-13(7-19-9-3-4-9)21-15(20-12)8-5-10(16)14(18)11(17)6-8/h5-6,9,19H,2-4,7H2,1H3. The maximum Gasteiger partial charge on any atom is 0.194 e. The predicted molar refractivity (Wildman–Crippen MR) is 76.7 cm³/mol. The minimum Gasteiger partial charge on any atom is -0.309 e. The number of hydrogen-bond acceptors (Lipinski definition) is 3. The zero-order valence-corrected chi connectivity index (χ0v) is 12.4. The largest absolute Gasteiger partial charge is 0.309 e. The third kappa shape index (κ3) is 3.11. The second-order valence-electron chi connectivity index (χ2n) is 5.15. The maximum atomic E-state index is 13.3. The molecular weight excluding hydrogens is 297 g/mol. The number of nitrogens with one attached hydrogen (secondary N) is 1. The molecule has 1 aromatic heterocycles. The second-order valence-corrected chi connectivity index (χ2v) is 6.24. The third-order valence-electron chi connectivity index (χ3n) is 3.47. The summed E-state index contributed by atoms with van der Waals surface area (Å²) in [5, 5.41) is 3.93. The molecule has 0 unspecified atom stereocenters. The van der Waals surface area contributed by atoms with E-state index in [-0.39, 0.29) is 5.56 Å². The van der Waals surface area contributed by atoms with Crippen molar-refractivity contribution in [3.05, 3.63) is 40.2 Å². The van der Waals surface area contributed by atoms with Gasteiger partial charge in [0.05, 0.1) is 5.69 Å². The van der Waals surface area contributed by atoms with Gasteiger partial charge in [-0.3, -0.25) is 0 Å². The van der Waals surface area contributed by atoms with Crippen molar-refractivity contribution in [2.24, 2.45) is 0 Å². The van der Waals surface area contributed by atoms with Crippen LogP contribution in [0.15, 0.2) is 12.1 Å². The van der Waals surface area contributed by atoms with Crippen LogP contribution in [0.25, 0.3) is 10.6 Å². The number of rotatable bonds is 5. The Morgan fingerprint density at radius 2 is 1.90 bits per heavy atom. The van der Waals surface area contributed by atoms with Gasteiger partial charge in [0.1, 0.15) is 5.01 Å². The van der Waals surface area contributed by atoms with Gasteiger partial charge in [-0.25, -0.2) is 18.2 Å². The number of aromatic nitrogens is 1. The minimum atomic E-state index is -1.44. The molecule has 0 atom stereocenters. The Hall–Kier alpha value is -1.40. The SMILES string of the molecule is CCc1nc(-c2cc(F)c(F)c(F)c2)sc1CNC1CC1. The Bertz CT molecular complexity index is 642. The molecule has 3 rings (SSSR count). The average Bonchev–Trinajstić information content (AvgIpc) is 3.20. The molecule has 1 aliphatic carbocycles. The van der Waals surface area contributed by atoms with Crippen LogP contribution in [0.4, 0.5) is 13.2 Å². The highest BCUT2D eigenvalue weighted by Gasteiger charge is 2.22. The van der Waals surface area contributed by atoms with Gasteiger partial charge in [0.25, 0.3) is 0 Å². The first-order valence-corrected chi connectivity index (χ1v) is 7.77. The van der Waals surface area contributed by atoms with E-state index < -0.39 is 17.5 Å². The van der Waals surface area contributed by atoms with Gasteiger partial charge in [-0.2, -0.15) is 0 Å². The molecule has 0 radical (unpaired) electrons. The lowest BCUT2D eigenvalue weighted by Gasteiger charge is -2.00. The molecule has 0 amide bonds. The fourth-order valence-corrected chi connectivity index (χ4v) is 3.21. The Morgan fingerprint density at radius 3 is 2.48 bits per heavy atom. The molecular formula is C15H15F3N2S. The van der Waals surface area contributed by atoms with Crippen molar-refractivity contribution in [3.8, 4) is 10.6 Å². The van der Waals surface area contributed by atoms with E-state index in [2.05, 4.69) is 10.3 Å². The normalized spacial score (nSPS) is 14.7. The topological polar surface area (TPSA) is 24.9 Å². The van der Waals surface area contributed by atoms with Gasteiger partial charge in [-0.15, -0.1) is 11.3 Å². The summed E-state index contributed by atoms with van der Waals surface area (Å²) in [5.41, 5.74) is 1.21. The number of aryl methyl sites for hydroxylation is 1. The van der Waals surface area contributed by atoms with Crippen LogP contribution in [-0.4, -0.2) is 11.0 Å². The van der Waals surface area contributed by atoms with Crippen molar-refractivity contribution in [2.45, 2.75) is 38.8 Å². The van der Waals surface area contributed by atoms with E-state index in [1.165, 1.54) is 24.2 Å². The number of benzene rings is 1. The van der Waals surface area contributed by atoms with Gasteiger partial charge in [-0.1, -0.05) is 6.92 Å². The lowest BCUT2D eigenvalue weighted by molar-refractivity contribution is 0.447. The van der Waals surface area contributed by atoms with Gasteiger partial charge in [0.2, 0.25) is 0 Å². The van der Waals surface area contributed by atoms with E-state index in [1.54, 1.807) is 0 Å². The van der Waals surface area contributed by atoms with E-state index in [1.807, 2.05) is 6.92 Å². The summed E-state index contributed by atoms with van der Waals surface area (Å²) in [6.45, 7) is 2.71. The predicted octanol–water partition coefficient (Wildman–Crippen LogP) is 4.04. The zero-order chi connectivity index (χ0) is 15.0. The van der Waals surface area contributed by atoms with Gasteiger partial charge >= 0.3 is 0 Å². The first-order valence-electron chi connectivity index (χ1n) is 6.95. The first-order chi connectivity index (χ1) is 10.1. The highest BCUT2D eigenvalue weighted by atomic mass is 32.1. The molecule has 2 nitrogen and oxygen atoms in total. The average molecular weight is 312 g/mol.